The Labute approximate surface area is 137 Å². The Morgan fingerprint density at radius 3 is 2.77 bits per heavy atom. The third-order valence-corrected chi connectivity index (χ3v) is 3.36. The van der Waals surface area contributed by atoms with E-state index in [9.17, 15) is 4.79 Å². The van der Waals surface area contributed by atoms with Crippen LogP contribution >= 0.6 is 11.6 Å². The zero-order valence-electron chi connectivity index (χ0n) is 13.3. The molecule has 1 rings (SSSR count). The molecular weight excluding hydrogens is 304 g/mol. The van der Waals surface area contributed by atoms with Crippen molar-refractivity contribution in [1.82, 2.24) is 5.32 Å². The molecule has 0 aliphatic rings. The molecule has 0 aromatic heterocycles. The number of amides is 2. The number of nitrogens with one attached hydrogen (secondary N) is 2. The molecule has 124 valence electrons. The average molecular weight is 329 g/mol. The summed E-state index contributed by atoms with van der Waals surface area (Å²) in [5.74, 6) is 0.461. The SMILES string of the molecule is CCCCCCNC(=O)Nc1cccc(Cl)c1OCCOC. The standard InChI is InChI=1S/C16H25ClN2O3/c1-3-4-5-6-10-18-16(20)19-14-9-7-8-13(17)15(14)22-12-11-21-2/h7-9H,3-6,10-12H2,1-2H3,(H2,18,19,20). The Kier molecular flexibility index (Phi) is 9.42. The van der Waals surface area contributed by atoms with Crippen molar-refractivity contribution in [2.45, 2.75) is 32.6 Å². The normalized spacial score (nSPS) is 10.3. The van der Waals surface area contributed by atoms with E-state index in [4.69, 9.17) is 21.1 Å². The van der Waals surface area contributed by atoms with Crippen LogP contribution in [-0.2, 0) is 4.74 Å². The molecular formula is C16H25ClN2O3. The maximum Gasteiger partial charge on any atom is 0.319 e. The summed E-state index contributed by atoms with van der Waals surface area (Å²) < 4.78 is 10.5. The first-order valence-electron chi connectivity index (χ1n) is 7.64. The van der Waals surface area contributed by atoms with Crippen LogP contribution in [0.1, 0.15) is 32.6 Å². The molecule has 0 bridgehead atoms. The molecule has 0 saturated heterocycles. The third kappa shape index (κ3) is 7.00. The summed E-state index contributed by atoms with van der Waals surface area (Å²) in [5, 5.41) is 6.05. The van der Waals surface area contributed by atoms with Gasteiger partial charge in [0, 0.05) is 13.7 Å². The van der Waals surface area contributed by atoms with E-state index in [0.29, 0.717) is 36.2 Å². The lowest BCUT2D eigenvalue weighted by atomic mass is 10.2. The van der Waals surface area contributed by atoms with Crippen LogP contribution in [-0.4, -0.2) is 32.9 Å². The van der Waals surface area contributed by atoms with Crippen LogP contribution in [0.4, 0.5) is 10.5 Å². The van der Waals surface area contributed by atoms with E-state index < -0.39 is 0 Å². The molecule has 0 aliphatic heterocycles. The molecule has 0 unspecified atom stereocenters. The molecule has 0 atom stereocenters. The first-order valence-corrected chi connectivity index (χ1v) is 8.02. The minimum Gasteiger partial charge on any atom is -0.487 e. The van der Waals surface area contributed by atoms with Crippen LogP contribution in [0.5, 0.6) is 5.75 Å². The van der Waals surface area contributed by atoms with E-state index in [2.05, 4.69) is 17.6 Å². The van der Waals surface area contributed by atoms with Crippen molar-refractivity contribution in [1.29, 1.82) is 0 Å². The summed E-state index contributed by atoms with van der Waals surface area (Å²) in [6, 6.07) is 4.99. The summed E-state index contributed by atoms with van der Waals surface area (Å²) in [6.07, 6.45) is 4.47. The van der Waals surface area contributed by atoms with Gasteiger partial charge in [-0.15, -0.1) is 0 Å². The number of para-hydroxylation sites is 1. The molecule has 0 fully saturated rings. The van der Waals surface area contributed by atoms with Gasteiger partial charge < -0.3 is 20.1 Å². The first kappa shape index (κ1) is 18.6. The Hall–Kier alpha value is -1.46. The van der Waals surface area contributed by atoms with Gasteiger partial charge in [-0.1, -0.05) is 43.9 Å². The van der Waals surface area contributed by atoms with Gasteiger partial charge in [0.25, 0.3) is 0 Å². The number of urea groups is 1. The van der Waals surface area contributed by atoms with Gasteiger partial charge in [-0.25, -0.2) is 4.79 Å². The second-order valence-electron chi connectivity index (χ2n) is 4.90. The van der Waals surface area contributed by atoms with Crippen molar-refractivity contribution in [3.63, 3.8) is 0 Å². The minimum absolute atomic E-state index is 0.254. The summed E-state index contributed by atoms with van der Waals surface area (Å²) in [7, 11) is 1.60. The molecule has 0 heterocycles. The van der Waals surface area contributed by atoms with E-state index in [-0.39, 0.29) is 6.03 Å². The predicted molar refractivity (Wildman–Crippen MR) is 90.0 cm³/mol. The van der Waals surface area contributed by atoms with Crippen LogP contribution in [0.15, 0.2) is 18.2 Å². The number of benzene rings is 1. The molecule has 0 radical (unpaired) electrons. The highest BCUT2D eigenvalue weighted by molar-refractivity contribution is 6.32. The van der Waals surface area contributed by atoms with E-state index in [1.807, 2.05) is 0 Å². The van der Waals surface area contributed by atoms with Gasteiger partial charge in [0.05, 0.1) is 17.3 Å². The van der Waals surface area contributed by atoms with Crippen LogP contribution in [0, 0.1) is 0 Å². The number of halogens is 1. The Morgan fingerprint density at radius 1 is 1.23 bits per heavy atom. The van der Waals surface area contributed by atoms with Gasteiger partial charge in [0.2, 0.25) is 0 Å². The van der Waals surface area contributed by atoms with Gasteiger partial charge in [-0.05, 0) is 18.6 Å². The van der Waals surface area contributed by atoms with Gasteiger partial charge in [-0.2, -0.15) is 0 Å². The molecule has 1 aromatic carbocycles. The van der Waals surface area contributed by atoms with Crippen molar-refractivity contribution in [2.24, 2.45) is 0 Å². The maximum absolute atomic E-state index is 11.9. The lowest BCUT2D eigenvalue weighted by Crippen LogP contribution is -2.29. The highest BCUT2D eigenvalue weighted by Gasteiger charge is 2.11. The van der Waals surface area contributed by atoms with Crippen molar-refractivity contribution < 1.29 is 14.3 Å². The summed E-state index contributed by atoms with van der Waals surface area (Å²) in [6.45, 7) is 3.64. The van der Waals surface area contributed by atoms with Crippen molar-refractivity contribution in [2.75, 3.05) is 32.2 Å². The Balaban J connectivity index is 2.49. The zero-order chi connectivity index (χ0) is 16.2. The average Bonchev–Trinajstić information content (AvgIpc) is 2.50. The van der Waals surface area contributed by atoms with E-state index >= 15 is 0 Å². The number of rotatable bonds is 10. The van der Waals surface area contributed by atoms with Crippen molar-refractivity contribution >= 4 is 23.3 Å². The lowest BCUT2D eigenvalue weighted by Gasteiger charge is -2.14. The summed E-state index contributed by atoms with van der Waals surface area (Å²) in [5.41, 5.74) is 0.551. The fourth-order valence-corrected chi connectivity index (χ4v) is 2.13. The molecule has 2 N–H and O–H groups in total. The monoisotopic (exact) mass is 328 g/mol. The molecule has 2 amide bonds. The van der Waals surface area contributed by atoms with Gasteiger partial charge >= 0.3 is 6.03 Å². The molecule has 22 heavy (non-hydrogen) atoms. The Bertz CT molecular complexity index is 455. The van der Waals surface area contributed by atoms with E-state index in [1.54, 1.807) is 25.3 Å². The van der Waals surface area contributed by atoms with Crippen LogP contribution in [0.3, 0.4) is 0 Å². The van der Waals surface area contributed by atoms with Crippen molar-refractivity contribution in [3.8, 4) is 5.75 Å². The van der Waals surface area contributed by atoms with E-state index in [1.165, 1.54) is 12.8 Å². The molecule has 5 nitrogen and oxygen atoms in total. The van der Waals surface area contributed by atoms with Gasteiger partial charge in [-0.3, -0.25) is 0 Å². The number of hydrogen-bond acceptors (Lipinski definition) is 3. The second kappa shape index (κ2) is 11.2. The van der Waals surface area contributed by atoms with Crippen LogP contribution in [0.2, 0.25) is 5.02 Å². The number of anilines is 1. The largest absolute Gasteiger partial charge is 0.487 e. The first-order chi connectivity index (χ1) is 10.7. The summed E-state index contributed by atoms with van der Waals surface area (Å²) >= 11 is 6.12. The maximum atomic E-state index is 11.9. The topological polar surface area (TPSA) is 59.6 Å². The van der Waals surface area contributed by atoms with Crippen molar-refractivity contribution in [3.05, 3.63) is 23.2 Å². The number of ether oxygens (including phenoxy) is 2. The zero-order valence-corrected chi connectivity index (χ0v) is 14.0. The second-order valence-corrected chi connectivity index (χ2v) is 5.31. The molecule has 1 aromatic rings. The smallest absolute Gasteiger partial charge is 0.319 e. The van der Waals surface area contributed by atoms with Crippen LogP contribution < -0.4 is 15.4 Å². The predicted octanol–water partition coefficient (Wildman–Crippen LogP) is 4.07. The number of unbranched alkanes of at least 4 members (excludes halogenated alkanes) is 3. The quantitative estimate of drug-likeness (QED) is 0.636. The highest BCUT2D eigenvalue weighted by atomic mass is 35.5. The number of carbonyl (C=O) groups is 1. The van der Waals surface area contributed by atoms with Gasteiger partial charge in [0.1, 0.15) is 6.61 Å². The Morgan fingerprint density at radius 2 is 2.05 bits per heavy atom. The molecule has 0 saturated carbocycles. The van der Waals surface area contributed by atoms with E-state index in [0.717, 1.165) is 12.8 Å². The molecule has 0 spiro atoms. The minimum atomic E-state index is -0.254. The highest BCUT2D eigenvalue weighted by Crippen LogP contribution is 2.32. The number of hydrogen-bond donors (Lipinski definition) is 2. The summed E-state index contributed by atoms with van der Waals surface area (Å²) in [4.78, 5) is 11.9. The molecule has 0 aliphatic carbocycles. The van der Waals surface area contributed by atoms with Crippen LogP contribution in [0.25, 0.3) is 0 Å². The third-order valence-electron chi connectivity index (χ3n) is 3.06. The molecule has 6 heteroatoms. The number of carbonyl (C=O) groups excluding carboxylic acids is 1. The fourth-order valence-electron chi connectivity index (χ4n) is 1.90. The number of methoxy groups -OCH3 is 1. The van der Waals surface area contributed by atoms with Gasteiger partial charge in [0.15, 0.2) is 5.75 Å². The lowest BCUT2D eigenvalue weighted by molar-refractivity contribution is 0.146. The fraction of sp³-hybridized carbons (Fsp3) is 0.562.